The Labute approximate surface area is 167 Å². The maximum atomic E-state index is 12.9. The Morgan fingerprint density at radius 2 is 1.72 bits per heavy atom. The molecule has 4 N–H and O–H groups in total. The van der Waals surface area contributed by atoms with E-state index in [2.05, 4.69) is 10.6 Å². The minimum atomic E-state index is -1.24. The van der Waals surface area contributed by atoms with Crippen LogP contribution >= 0.6 is 0 Å². The number of ether oxygens (including phenoxy) is 2. The van der Waals surface area contributed by atoms with Gasteiger partial charge in [-0.2, -0.15) is 0 Å². The van der Waals surface area contributed by atoms with Crippen molar-refractivity contribution in [3.05, 3.63) is 35.6 Å². The number of nitrogens with one attached hydrogen (secondary N) is 2. The Bertz CT molecular complexity index is 698. The van der Waals surface area contributed by atoms with E-state index in [1.807, 2.05) is 0 Å². The highest BCUT2D eigenvalue weighted by Gasteiger charge is 2.43. The summed E-state index contributed by atoms with van der Waals surface area (Å²) in [5.41, 5.74) is 0.733. The number of aliphatic hydroxyl groups is 2. The van der Waals surface area contributed by atoms with E-state index in [1.165, 1.54) is 12.1 Å². The molecule has 2 heterocycles. The van der Waals surface area contributed by atoms with Crippen LogP contribution in [0.3, 0.4) is 0 Å². The van der Waals surface area contributed by atoms with Crippen LogP contribution < -0.4 is 10.6 Å². The number of benzene rings is 1. The monoisotopic (exact) mass is 411 g/mol. The molecule has 3 amide bonds. The molecule has 0 aromatic heterocycles. The second kappa shape index (κ2) is 9.97. The summed E-state index contributed by atoms with van der Waals surface area (Å²) >= 11 is 0. The molecule has 10 heteroatoms. The van der Waals surface area contributed by atoms with Crippen molar-refractivity contribution in [3.8, 4) is 0 Å². The lowest BCUT2D eigenvalue weighted by molar-refractivity contribution is -0.125. The van der Waals surface area contributed by atoms with E-state index >= 15 is 0 Å². The molecule has 0 bridgehead atoms. The number of halogens is 1. The fourth-order valence-corrected chi connectivity index (χ4v) is 3.29. The summed E-state index contributed by atoms with van der Waals surface area (Å²) in [7, 11) is 0. The van der Waals surface area contributed by atoms with Gasteiger partial charge in [-0.3, -0.25) is 4.79 Å². The van der Waals surface area contributed by atoms with Crippen molar-refractivity contribution in [2.24, 2.45) is 0 Å². The number of hydrogen-bond donors (Lipinski definition) is 4. The van der Waals surface area contributed by atoms with Crippen LogP contribution in [-0.4, -0.2) is 84.3 Å². The summed E-state index contributed by atoms with van der Waals surface area (Å²) in [6, 6.07) is 5.44. The molecule has 1 aromatic carbocycles. The molecule has 0 spiro atoms. The average molecular weight is 411 g/mol. The van der Waals surface area contributed by atoms with Crippen molar-refractivity contribution in [1.82, 2.24) is 15.5 Å². The normalized spacial score (nSPS) is 26.9. The number of amides is 3. The second-order valence-corrected chi connectivity index (χ2v) is 7.09. The Hall–Kier alpha value is -2.27. The van der Waals surface area contributed by atoms with Crippen LogP contribution in [0.5, 0.6) is 0 Å². The standard InChI is InChI=1S/C19H26FN3O6/c20-13-3-1-12(2-4-13)10-21-16(24)9-14-17(25)18(26)15(29-14)11-22-19(27)23-5-7-28-8-6-23/h1-4,14-15,17-18,25-26H,5-11H2,(H,21,24)(H,22,27)/t14-,15+,17-,18+/m0/s1. The molecule has 4 atom stereocenters. The SMILES string of the molecule is O=C(C[C@@H]1O[C@H](CNC(=O)N2CCOCC2)[C@@H](O)[C@H]1O)NCc1ccc(F)cc1. The largest absolute Gasteiger partial charge is 0.388 e. The van der Waals surface area contributed by atoms with Crippen LogP contribution in [-0.2, 0) is 20.8 Å². The number of carbonyl (C=O) groups is 2. The molecule has 160 valence electrons. The summed E-state index contributed by atoms with van der Waals surface area (Å²) in [6.45, 7) is 2.15. The number of urea groups is 1. The van der Waals surface area contributed by atoms with E-state index in [4.69, 9.17) is 9.47 Å². The zero-order valence-electron chi connectivity index (χ0n) is 15.9. The summed E-state index contributed by atoms with van der Waals surface area (Å²) in [5.74, 6) is -0.730. The maximum Gasteiger partial charge on any atom is 0.317 e. The van der Waals surface area contributed by atoms with Gasteiger partial charge in [-0.1, -0.05) is 12.1 Å². The number of aliphatic hydroxyl groups excluding tert-OH is 2. The lowest BCUT2D eigenvalue weighted by Crippen LogP contribution is -2.49. The van der Waals surface area contributed by atoms with Gasteiger partial charge in [-0.05, 0) is 17.7 Å². The van der Waals surface area contributed by atoms with Gasteiger partial charge in [-0.15, -0.1) is 0 Å². The number of hydrogen-bond acceptors (Lipinski definition) is 6. The molecule has 9 nitrogen and oxygen atoms in total. The lowest BCUT2D eigenvalue weighted by atomic mass is 10.1. The topological polar surface area (TPSA) is 120 Å². The Morgan fingerprint density at radius 3 is 2.41 bits per heavy atom. The predicted octanol–water partition coefficient (Wildman–Crippen LogP) is -0.637. The highest BCUT2D eigenvalue weighted by atomic mass is 19.1. The van der Waals surface area contributed by atoms with Crippen molar-refractivity contribution in [1.29, 1.82) is 0 Å². The smallest absolute Gasteiger partial charge is 0.317 e. The summed E-state index contributed by atoms with van der Waals surface area (Å²) in [4.78, 5) is 25.8. The van der Waals surface area contributed by atoms with E-state index in [9.17, 15) is 24.2 Å². The third-order valence-electron chi connectivity index (χ3n) is 5.00. The summed E-state index contributed by atoms with van der Waals surface area (Å²) in [5, 5.41) is 25.7. The zero-order valence-corrected chi connectivity index (χ0v) is 15.9. The van der Waals surface area contributed by atoms with Crippen molar-refractivity contribution >= 4 is 11.9 Å². The van der Waals surface area contributed by atoms with Crippen LogP contribution in [0.15, 0.2) is 24.3 Å². The van der Waals surface area contributed by atoms with Gasteiger partial charge in [0, 0.05) is 26.2 Å². The van der Waals surface area contributed by atoms with Crippen molar-refractivity contribution < 1.29 is 33.7 Å². The molecule has 2 aliphatic rings. The van der Waals surface area contributed by atoms with Crippen LogP contribution in [0.2, 0.25) is 0 Å². The molecular formula is C19H26FN3O6. The van der Waals surface area contributed by atoms with Gasteiger partial charge >= 0.3 is 6.03 Å². The quantitative estimate of drug-likeness (QED) is 0.495. The van der Waals surface area contributed by atoms with Crippen molar-refractivity contribution in [2.45, 2.75) is 37.4 Å². The molecule has 1 aromatic rings. The Morgan fingerprint density at radius 1 is 1.07 bits per heavy atom. The first-order chi connectivity index (χ1) is 13.9. The van der Waals surface area contributed by atoms with E-state index in [0.29, 0.717) is 26.3 Å². The fraction of sp³-hybridized carbons (Fsp3) is 0.579. The molecular weight excluding hydrogens is 385 g/mol. The van der Waals surface area contributed by atoms with Gasteiger partial charge in [0.2, 0.25) is 5.91 Å². The Kier molecular flexibility index (Phi) is 7.37. The van der Waals surface area contributed by atoms with Crippen LogP contribution in [0.25, 0.3) is 0 Å². The molecule has 0 saturated carbocycles. The van der Waals surface area contributed by atoms with Gasteiger partial charge in [0.1, 0.15) is 24.1 Å². The third-order valence-corrected chi connectivity index (χ3v) is 5.00. The van der Waals surface area contributed by atoms with E-state index in [0.717, 1.165) is 5.56 Å². The average Bonchev–Trinajstić information content (AvgIpc) is 3.00. The maximum absolute atomic E-state index is 12.9. The predicted molar refractivity (Wildman–Crippen MR) is 99.3 cm³/mol. The zero-order chi connectivity index (χ0) is 20.8. The fourth-order valence-electron chi connectivity index (χ4n) is 3.29. The molecule has 0 unspecified atom stereocenters. The first kappa shape index (κ1) is 21.4. The molecule has 0 radical (unpaired) electrons. The first-order valence-electron chi connectivity index (χ1n) is 9.57. The first-order valence-corrected chi connectivity index (χ1v) is 9.57. The molecule has 2 saturated heterocycles. The molecule has 3 rings (SSSR count). The van der Waals surface area contributed by atoms with Crippen LogP contribution in [0, 0.1) is 5.82 Å². The highest BCUT2D eigenvalue weighted by Crippen LogP contribution is 2.23. The molecule has 2 fully saturated rings. The van der Waals surface area contributed by atoms with E-state index in [-0.39, 0.29) is 37.3 Å². The number of rotatable bonds is 6. The van der Waals surface area contributed by atoms with Gasteiger partial charge in [0.25, 0.3) is 0 Å². The summed E-state index contributed by atoms with van der Waals surface area (Å²) < 4.78 is 23.7. The highest BCUT2D eigenvalue weighted by molar-refractivity contribution is 5.76. The van der Waals surface area contributed by atoms with Crippen LogP contribution in [0.4, 0.5) is 9.18 Å². The van der Waals surface area contributed by atoms with E-state index < -0.39 is 24.4 Å². The molecule has 29 heavy (non-hydrogen) atoms. The molecule has 2 aliphatic heterocycles. The molecule has 0 aliphatic carbocycles. The van der Waals surface area contributed by atoms with Gasteiger partial charge < -0.3 is 35.2 Å². The van der Waals surface area contributed by atoms with Crippen LogP contribution in [0.1, 0.15) is 12.0 Å². The van der Waals surface area contributed by atoms with Gasteiger partial charge in [-0.25, -0.2) is 9.18 Å². The second-order valence-electron chi connectivity index (χ2n) is 7.09. The number of nitrogens with zero attached hydrogens (tertiary/aromatic N) is 1. The number of carbonyl (C=O) groups excluding carboxylic acids is 2. The van der Waals surface area contributed by atoms with E-state index in [1.54, 1.807) is 17.0 Å². The van der Waals surface area contributed by atoms with Gasteiger partial charge in [0.15, 0.2) is 0 Å². The minimum absolute atomic E-state index is 0.0160. The third kappa shape index (κ3) is 5.86. The van der Waals surface area contributed by atoms with Crippen molar-refractivity contribution in [2.75, 3.05) is 32.8 Å². The lowest BCUT2D eigenvalue weighted by Gasteiger charge is -2.27. The van der Waals surface area contributed by atoms with Gasteiger partial charge in [0.05, 0.1) is 25.7 Å². The minimum Gasteiger partial charge on any atom is -0.388 e. The number of morpholine rings is 1. The Balaban J connectivity index is 1.42. The van der Waals surface area contributed by atoms with Crippen molar-refractivity contribution in [3.63, 3.8) is 0 Å². The summed E-state index contributed by atoms with van der Waals surface area (Å²) in [6.07, 6.45) is -4.30.